The number of nitrogens with one attached hydrogen (secondary N) is 2. The van der Waals surface area contributed by atoms with Gasteiger partial charge in [-0.2, -0.15) is 24.5 Å². The highest BCUT2D eigenvalue weighted by Gasteiger charge is 2.33. The number of hydrogen-bond acceptors (Lipinski definition) is 4. The number of hydrogen-bond donors (Lipinski definition) is 3. The third-order valence-corrected chi connectivity index (χ3v) is 5.62. The molecule has 3 aromatic rings. The number of thiophene rings is 2. The fourth-order valence-corrected chi connectivity index (χ4v) is 4.11. The second kappa shape index (κ2) is 8.12. The monoisotopic (exact) mass is 412 g/mol. The van der Waals surface area contributed by atoms with Crippen molar-refractivity contribution in [1.82, 2.24) is 5.32 Å². The van der Waals surface area contributed by atoms with Gasteiger partial charge >= 0.3 is 12.2 Å². The number of anilines is 1. The van der Waals surface area contributed by atoms with Crippen LogP contribution in [0.4, 0.5) is 23.7 Å². The summed E-state index contributed by atoms with van der Waals surface area (Å²) < 4.78 is 38.8. The standard InChI is InChI=1S/C18H15F3N2O2S2/c19-18(20,21)12-3-1-2-4-13(12)23-17(25)22-9-14(24)16-6-5-15(27-16)11-7-8-26-10-11/h1-8,10,14,24H,9H2,(H2,22,23,25). The average molecular weight is 412 g/mol. The van der Waals surface area contributed by atoms with Crippen molar-refractivity contribution in [3.05, 3.63) is 63.7 Å². The molecule has 2 heterocycles. The van der Waals surface area contributed by atoms with E-state index in [0.29, 0.717) is 4.88 Å². The van der Waals surface area contributed by atoms with Gasteiger partial charge in [0.15, 0.2) is 0 Å². The quantitative estimate of drug-likeness (QED) is 0.529. The molecule has 0 saturated heterocycles. The number of amides is 2. The van der Waals surface area contributed by atoms with Crippen molar-refractivity contribution < 1.29 is 23.1 Å². The first kappa shape index (κ1) is 19.4. The van der Waals surface area contributed by atoms with Crippen LogP contribution in [0, 0.1) is 0 Å². The van der Waals surface area contributed by atoms with Crippen molar-refractivity contribution in [2.24, 2.45) is 0 Å². The van der Waals surface area contributed by atoms with Gasteiger partial charge < -0.3 is 15.7 Å². The van der Waals surface area contributed by atoms with Crippen LogP contribution in [0.25, 0.3) is 10.4 Å². The number of aliphatic hydroxyl groups is 1. The van der Waals surface area contributed by atoms with Crippen LogP contribution in [0.5, 0.6) is 0 Å². The predicted octanol–water partition coefficient (Wildman–Crippen LogP) is 5.35. The summed E-state index contributed by atoms with van der Waals surface area (Å²) in [5, 5.41) is 18.7. The van der Waals surface area contributed by atoms with Gasteiger partial charge in [-0.1, -0.05) is 12.1 Å². The van der Waals surface area contributed by atoms with Gasteiger partial charge in [-0.15, -0.1) is 11.3 Å². The van der Waals surface area contributed by atoms with Crippen LogP contribution in [0.1, 0.15) is 16.5 Å². The largest absolute Gasteiger partial charge is 0.418 e. The minimum atomic E-state index is -4.57. The zero-order valence-electron chi connectivity index (χ0n) is 13.8. The topological polar surface area (TPSA) is 61.4 Å². The van der Waals surface area contributed by atoms with Gasteiger partial charge in [-0.3, -0.25) is 0 Å². The Bertz CT molecular complexity index is 907. The first-order chi connectivity index (χ1) is 12.8. The number of aliphatic hydroxyl groups excluding tert-OH is 1. The third kappa shape index (κ3) is 4.88. The lowest BCUT2D eigenvalue weighted by molar-refractivity contribution is -0.136. The summed E-state index contributed by atoms with van der Waals surface area (Å²) in [4.78, 5) is 13.6. The first-order valence-electron chi connectivity index (χ1n) is 7.86. The zero-order valence-corrected chi connectivity index (χ0v) is 15.4. The van der Waals surface area contributed by atoms with Crippen molar-refractivity contribution in [3.8, 4) is 10.4 Å². The number of para-hydroxylation sites is 1. The van der Waals surface area contributed by atoms with E-state index < -0.39 is 23.9 Å². The van der Waals surface area contributed by atoms with E-state index in [1.807, 2.05) is 22.9 Å². The van der Waals surface area contributed by atoms with Gasteiger partial charge in [0.2, 0.25) is 0 Å². The average Bonchev–Trinajstić information content (AvgIpc) is 3.30. The molecule has 0 aliphatic heterocycles. The number of carbonyl (C=O) groups excluding carboxylic acids is 1. The molecule has 0 aliphatic carbocycles. The molecular formula is C18H15F3N2O2S2. The van der Waals surface area contributed by atoms with Gasteiger partial charge in [0.25, 0.3) is 0 Å². The molecule has 0 aliphatic rings. The molecule has 1 unspecified atom stereocenters. The maximum Gasteiger partial charge on any atom is 0.418 e. The summed E-state index contributed by atoms with van der Waals surface area (Å²) >= 11 is 2.97. The van der Waals surface area contributed by atoms with Gasteiger partial charge in [-0.25, -0.2) is 4.79 Å². The molecule has 0 radical (unpaired) electrons. The number of carbonyl (C=O) groups is 1. The predicted molar refractivity (Wildman–Crippen MR) is 101 cm³/mol. The summed E-state index contributed by atoms with van der Waals surface area (Å²) in [5.74, 6) is 0. The van der Waals surface area contributed by atoms with Gasteiger partial charge in [0.05, 0.1) is 17.8 Å². The lowest BCUT2D eigenvalue weighted by Gasteiger charge is -2.15. The van der Waals surface area contributed by atoms with Gasteiger partial charge in [-0.05, 0) is 41.1 Å². The van der Waals surface area contributed by atoms with Crippen molar-refractivity contribution in [3.63, 3.8) is 0 Å². The first-order valence-corrected chi connectivity index (χ1v) is 9.62. The maximum absolute atomic E-state index is 12.9. The van der Waals surface area contributed by atoms with Crippen LogP contribution in [-0.2, 0) is 6.18 Å². The van der Waals surface area contributed by atoms with Gasteiger partial charge in [0, 0.05) is 15.3 Å². The fourth-order valence-electron chi connectivity index (χ4n) is 2.39. The SMILES string of the molecule is O=C(NCC(O)c1ccc(-c2ccsc2)s1)Nc1ccccc1C(F)(F)F. The lowest BCUT2D eigenvalue weighted by Crippen LogP contribution is -2.32. The van der Waals surface area contributed by atoms with Crippen LogP contribution in [-0.4, -0.2) is 17.7 Å². The molecule has 3 N–H and O–H groups in total. The molecule has 2 aromatic heterocycles. The molecule has 27 heavy (non-hydrogen) atoms. The van der Waals surface area contributed by atoms with E-state index in [9.17, 15) is 23.1 Å². The smallest absolute Gasteiger partial charge is 0.386 e. The van der Waals surface area contributed by atoms with Crippen molar-refractivity contribution >= 4 is 34.4 Å². The fraction of sp³-hybridized carbons (Fsp3) is 0.167. The van der Waals surface area contributed by atoms with Crippen LogP contribution >= 0.6 is 22.7 Å². The Morgan fingerprint density at radius 1 is 1.15 bits per heavy atom. The highest BCUT2D eigenvalue weighted by atomic mass is 32.1. The van der Waals surface area contributed by atoms with Gasteiger partial charge in [0.1, 0.15) is 6.10 Å². The van der Waals surface area contributed by atoms with Crippen molar-refractivity contribution in [2.45, 2.75) is 12.3 Å². The van der Waals surface area contributed by atoms with Crippen LogP contribution in [0.15, 0.2) is 53.2 Å². The number of benzene rings is 1. The van der Waals surface area contributed by atoms with E-state index in [0.717, 1.165) is 16.5 Å². The molecule has 4 nitrogen and oxygen atoms in total. The normalized spacial score (nSPS) is 12.6. The molecule has 9 heteroatoms. The summed E-state index contributed by atoms with van der Waals surface area (Å²) in [7, 11) is 0. The molecule has 0 fully saturated rings. The van der Waals surface area contributed by atoms with E-state index in [4.69, 9.17) is 0 Å². The highest BCUT2D eigenvalue weighted by Crippen LogP contribution is 2.35. The minimum Gasteiger partial charge on any atom is -0.386 e. The molecule has 0 bridgehead atoms. The Kier molecular flexibility index (Phi) is 5.83. The molecule has 3 rings (SSSR count). The lowest BCUT2D eigenvalue weighted by atomic mass is 10.1. The number of alkyl halides is 3. The van der Waals surface area contributed by atoms with Crippen molar-refractivity contribution in [1.29, 1.82) is 0 Å². The zero-order chi connectivity index (χ0) is 19.4. The van der Waals surface area contributed by atoms with E-state index in [2.05, 4.69) is 10.6 Å². The Balaban J connectivity index is 1.58. The molecule has 0 saturated carbocycles. The van der Waals surface area contributed by atoms with Crippen LogP contribution in [0.3, 0.4) is 0 Å². The highest BCUT2D eigenvalue weighted by molar-refractivity contribution is 7.16. The Labute approximate surface area is 161 Å². The van der Waals surface area contributed by atoms with Crippen molar-refractivity contribution in [2.75, 3.05) is 11.9 Å². The minimum absolute atomic E-state index is 0.121. The van der Waals surface area contributed by atoms with E-state index in [-0.39, 0.29) is 12.2 Å². The van der Waals surface area contributed by atoms with E-state index in [1.165, 1.54) is 29.5 Å². The number of urea groups is 1. The summed E-state index contributed by atoms with van der Waals surface area (Å²) in [5.41, 5.74) is -0.217. The Hall–Kier alpha value is -2.36. The van der Waals surface area contributed by atoms with Crippen LogP contribution < -0.4 is 10.6 Å². The summed E-state index contributed by atoms with van der Waals surface area (Å²) in [6.07, 6.45) is -5.52. The molecule has 1 atom stereocenters. The van der Waals surface area contributed by atoms with E-state index in [1.54, 1.807) is 17.4 Å². The third-order valence-electron chi connectivity index (χ3n) is 3.70. The Morgan fingerprint density at radius 2 is 1.93 bits per heavy atom. The molecular weight excluding hydrogens is 397 g/mol. The molecule has 0 spiro atoms. The maximum atomic E-state index is 12.9. The molecule has 142 valence electrons. The molecule has 1 aromatic carbocycles. The number of halogens is 3. The second-order valence-corrected chi connectivity index (χ2v) is 7.50. The summed E-state index contributed by atoms with van der Waals surface area (Å²) in [6.45, 7) is -0.121. The van der Waals surface area contributed by atoms with Crippen LogP contribution in [0.2, 0.25) is 0 Å². The number of rotatable bonds is 5. The Morgan fingerprint density at radius 3 is 2.63 bits per heavy atom. The van der Waals surface area contributed by atoms with E-state index >= 15 is 0 Å². The molecule has 2 amide bonds. The second-order valence-electron chi connectivity index (χ2n) is 5.61. The summed E-state index contributed by atoms with van der Waals surface area (Å²) in [6, 6.07) is 9.50.